The largest absolute Gasteiger partial charge is 0.416 e. The van der Waals surface area contributed by atoms with E-state index in [1.54, 1.807) is 20.0 Å². The molecular formula is C21H20F5N3. The number of halogens is 5. The van der Waals surface area contributed by atoms with Crippen molar-refractivity contribution in [2.45, 2.75) is 45.3 Å². The Kier molecular flexibility index (Phi) is 4.55. The van der Waals surface area contributed by atoms with Crippen molar-refractivity contribution in [1.29, 1.82) is 0 Å². The Hall–Kier alpha value is -2.64. The molecule has 1 aromatic carbocycles. The molecule has 8 heteroatoms. The third-order valence-electron chi connectivity index (χ3n) is 5.43. The maximum atomic E-state index is 13.1. The summed E-state index contributed by atoms with van der Waals surface area (Å²) >= 11 is 0. The normalized spacial score (nSPS) is 16.8. The number of anilines is 2. The molecule has 0 unspecified atom stereocenters. The highest BCUT2D eigenvalue weighted by molar-refractivity contribution is 5.92. The molecule has 29 heavy (non-hydrogen) atoms. The van der Waals surface area contributed by atoms with Gasteiger partial charge in [0, 0.05) is 42.9 Å². The zero-order valence-corrected chi connectivity index (χ0v) is 15.9. The lowest BCUT2D eigenvalue weighted by Gasteiger charge is -2.35. The van der Waals surface area contributed by atoms with Crippen molar-refractivity contribution >= 4 is 22.4 Å². The van der Waals surface area contributed by atoms with Crippen LogP contribution in [0.25, 0.3) is 10.9 Å². The van der Waals surface area contributed by atoms with E-state index >= 15 is 0 Å². The summed E-state index contributed by atoms with van der Waals surface area (Å²) in [6.07, 6.45) is -1.17. The number of nitrogens with one attached hydrogen (secondary N) is 1. The number of nitrogens with zero attached hydrogens (tertiary/aromatic N) is 2. The van der Waals surface area contributed by atoms with E-state index in [4.69, 9.17) is 0 Å². The van der Waals surface area contributed by atoms with Crippen LogP contribution in [0.15, 0.2) is 36.7 Å². The Balaban J connectivity index is 1.63. The van der Waals surface area contributed by atoms with Crippen molar-refractivity contribution in [3.63, 3.8) is 0 Å². The van der Waals surface area contributed by atoms with Crippen LogP contribution in [0.3, 0.4) is 0 Å². The lowest BCUT2D eigenvalue weighted by atomic mass is 9.81. The molecule has 1 aliphatic rings. The monoisotopic (exact) mass is 409 g/mol. The van der Waals surface area contributed by atoms with Crippen molar-refractivity contribution < 1.29 is 22.0 Å². The van der Waals surface area contributed by atoms with Crippen LogP contribution in [0.4, 0.5) is 33.5 Å². The van der Waals surface area contributed by atoms with Gasteiger partial charge < -0.3 is 9.88 Å². The number of fused-ring (bicyclic) bond motifs is 1. The van der Waals surface area contributed by atoms with Gasteiger partial charge >= 0.3 is 6.18 Å². The van der Waals surface area contributed by atoms with E-state index in [9.17, 15) is 22.0 Å². The first-order chi connectivity index (χ1) is 13.5. The molecule has 0 amide bonds. The fraction of sp³-hybridized carbons (Fsp3) is 0.381. The molecule has 0 atom stereocenters. The second-order valence-electron chi connectivity index (χ2n) is 7.80. The number of alkyl halides is 5. The van der Waals surface area contributed by atoms with Crippen LogP contribution < -0.4 is 5.32 Å². The van der Waals surface area contributed by atoms with E-state index in [0.29, 0.717) is 29.2 Å². The van der Waals surface area contributed by atoms with Crippen LogP contribution in [0.5, 0.6) is 0 Å². The van der Waals surface area contributed by atoms with Crippen molar-refractivity contribution in [2.75, 3.05) is 5.32 Å². The minimum Gasteiger partial charge on any atom is -0.347 e. The smallest absolute Gasteiger partial charge is 0.347 e. The Bertz CT molecular complexity index is 1040. The standard InChI is InChI=1S/C21H20F5N3/c1-12-7-15(21(24,25)26)8-13(2)18(12)28-19-16-4-6-29(17(16)3-5-27-19)11-14-9-20(22,23)10-14/h3-8,14H,9-11H2,1-2H3,(H,27,28). The molecule has 0 aliphatic heterocycles. The van der Waals surface area contributed by atoms with Crippen molar-refractivity contribution in [3.8, 4) is 0 Å². The molecule has 154 valence electrons. The van der Waals surface area contributed by atoms with Crippen LogP contribution in [-0.4, -0.2) is 15.5 Å². The Morgan fingerprint density at radius 3 is 2.38 bits per heavy atom. The van der Waals surface area contributed by atoms with Crippen LogP contribution in [0.2, 0.25) is 0 Å². The zero-order chi connectivity index (χ0) is 21.0. The summed E-state index contributed by atoms with van der Waals surface area (Å²) in [4.78, 5) is 4.34. The minimum atomic E-state index is -4.40. The molecule has 2 aromatic heterocycles. The van der Waals surface area contributed by atoms with Gasteiger partial charge in [-0.1, -0.05) is 0 Å². The summed E-state index contributed by atoms with van der Waals surface area (Å²) in [7, 11) is 0. The lowest BCUT2D eigenvalue weighted by Crippen LogP contribution is -2.37. The second kappa shape index (κ2) is 6.71. The van der Waals surface area contributed by atoms with E-state index in [0.717, 1.165) is 23.0 Å². The highest BCUT2D eigenvalue weighted by atomic mass is 19.4. The maximum Gasteiger partial charge on any atom is 0.416 e. The van der Waals surface area contributed by atoms with Gasteiger partial charge in [-0.2, -0.15) is 13.2 Å². The lowest BCUT2D eigenvalue weighted by molar-refractivity contribution is -0.137. The molecule has 4 rings (SSSR count). The van der Waals surface area contributed by atoms with Gasteiger partial charge in [-0.15, -0.1) is 0 Å². The number of benzene rings is 1. The van der Waals surface area contributed by atoms with Gasteiger partial charge in [0.1, 0.15) is 5.82 Å². The molecule has 0 spiro atoms. The summed E-state index contributed by atoms with van der Waals surface area (Å²) in [5.74, 6) is -2.10. The number of rotatable bonds is 4. The van der Waals surface area contributed by atoms with Crippen molar-refractivity contribution in [1.82, 2.24) is 9.55 Å². The molecule has 1 aliphatic carbocycles. The highest BCUT2D eigenvalue weighted by Crippen LogP contribution is 2.43. The second-order valence-corrected chi connectivity index (χ2v) is 7.80. The summed E-state index contributed by atoms with van der Waals surface area (Å²) in [5.41, 5.74) is 1.66. The van der Waals surface area contributed by atoms with Crippen LogP contribution in [0.1, 0.15) is 29.5 Å². The van der Waals surface area contributed by atoms with Gasteiger partial charge in [0.15, 0.2) is 0 Å². The molecule has 3 nitrogen and oxygen atoms in total. The molecule has 0 saturated heterocycles. The van der Waals surface area contributed by atoms with E-state index in [2.05, 4.69) is 10.3 Å². The van der Waals surface area contributed by atoms with E-state index < -0.39 is 17.7 Å². The van der Waals surface area contributed by atoms with E-state index in [-0.39, 0.29) is 18.8 Å². The van der Waals surface area contributed by atoms with Gasteiger partial charge in [-0.3, -0.25) is 0 Å². The summed E-state index contributed by atoms with van der Waals surface area (Å²) in [5, 5.41) is 3.95. The van der Waals surface area contributed by atoms with Crippen LogP contribution >= 0.6 is 0 Å². The first-order valence-corrected chi connectivity index (χ1v) is 9.31. The molecule has 3 aromatic rings. The molecule has 1 saturated carbocycles. The molecule has 0 radical (unpaired) electrons. The average Bonchev–Trinajstić information content (AvgIpc) is 2.99. The quantitative estimate of drug-likeness (QED) is 0.501. The summed E-state index contributed by atoms with van der Waals surface area (Å²) < 4.78 is 67.2. The van der Waals surface area contributed by atoms with Crippen LogP contribution in [-0.2, 0) is 12.7 Å². The molecule has 2 heterocycles. The molecule has 0 bridgehead atoms. The first kappa shape index (κ1) is 19.7. The maximum absolute atomic E-state index is 13.1. The van der Waals surface area contributed by atoms with Crippen molar-refractivity contribution in [3.05, 3.63) is 53.3 Å². The summed E-state index contributed by atoms with van der Waals surface area (Å²) in [6, 6.07) is 5.87. The average molecular weight is 409 g/mol. The number of hydrogen-bond donors (Lipinski definition) is 1. The Labute approximate surface area is 164 Å². The van der Waals surface area contributed by atoms with Gasteiger partial charge in [-0.25, -0.2) is 13.8 Å². The number of pyridine rings is 1. The Morgan fingerprint density at radius 1 is 1.14 bits per heavy atom. The summed E-state index contributed by atoms with van der Waals surface area (Å²) in [6.45, 7) is 3.74. The molecule has 1 N–H and O–H groups in total. The zero-order valence-electron chi connectivity index (χ0n) is 15.9. The topological polar surface area (TPSA) is 29.9 Å². The van der Waals surface area contributed by atoms with E-state index in [1.807, 2.05) is 22.9 Å². The minimum absolute atomic E-state index is 0.0652. The van der Waals surface area contributed by atoms with Gasteiger partial charge in [0.2, 0.25) is 5.92 Å². The van der Waals surface area contributed by atoms with Crippen LogP contribution in [0, 0.1) is 19.8 Å². The fourth-order valence-corrected chi connectivity index (χ4v) is 4.02. The van der Waals surface area contributed by atoms with Crippen molar-refractivity contribution in [2.24, 2.45) is 5.92 Å². The number of aromatic nitrogens is 2. The fourth-order valence-electron chi connectivity index (χ4n) is 4.02. The highest BCUT2D eigenvalue weighted by Gasteiger charge is 2.45. The van der Waals surface area contributed by atoms with Gasteiger partial charge in [0.25, 0.3) is 0 Å². The first-order valence-electron chi connectivity index (χ1n) is 9.31. The predicted octanol–water partition coefficient (Wildman–Crippen LogP) is 6.46. The SMILES string of the molecule is Cc1cc(C(F)(F)F)cc(C)c1Nc1nccc2c1ccn2CC1CC(F)(F)C1. The third-order valence-corrected chi connectivity index (χ3v) is 5.43. The van der Waals surface area contributed by atoms with Gasteiger partial charge in [0.05, 0.1) is 11.1 Å². The number of aryl methyl sites for hydroxylation is 2. The molecular weight excluding hydrogens is 389 g/mol. The predicted molar refractivity (Wildman–Crippen MR) is 102 cm³/mol. The number of hydrogen-bond acceptors (Lipinski definition) is 2. The van der Waals surface area contributed by atoms with E-state index in [1.165, 1.54) is 0 Å². The third kappa shape index (κ3) is 3.80. The Morgan fingerprint density at radius 2 is 1.79 bits per heavy atom. The molecule has 1 fully saturated rings. The van der Waals surface area contributed by atoms with Gasteiger partial charge in [-0.05, 0) is 55.2 Å².